The van der Waals surface area contributed by atoms with Gasteiger partial charge in [-0.25, -0.2) is 13.1 Å². The van der Waals surface area contributed by atoms with Crippen molar-refractivity contribution < 1.29 is 13.5 Å². The second-order valence-corrected chi connectivity index (χ2v) is 8.01. The van der Waals surface area contributed by atoms with Crippen LogP contribution in [-0.2, 0) is 10.0 Å². The number of rotatable bonds is 8. The molecule has 0 aliphatic carbocycles. The summed E-state index contributed by atoms with van der Waals surface area (Å²) in [5, 5.41) is 12.3. The molecule has 0 saturated carbocycles. The van der Waals surface area contributed by atoms with Gasteiger partial charge in [0.15, 0.2) is 0 Å². The van der Waals surface area contributed by atoms with Gasteiger partial charge in [-0.2, -0.15) is 0 Å². The molecule has 1 aromatic rings. The minimum absolute atomic E-state index is 0.0152. The monoisotopic (exact) mass is 314 g/mol. The van der Waals surface area contributed by atoms with Crippen LogP contribution >= 0.6 is 0 Å². The van der Waals surface area contributed by atoms with Crippen molar-refractivity contribution in [2.75, 3.05) is 18.5 Å². The van der Waals surface area contributed by atoms with Gasteiger partial charge < -0.3 is 10.4 Å². The third-order valence-corrected chi connectivity index (χ3v) is 4.79. The zero-order valence-electron chi connectivity index (χ0n) is 13.2. The first kappa shape index (κ1) is 17.9. The number of aliphatic hydroxyl groups excluding tert-OH is 1. The smallest absolute Gasteiger partial charge is 0.240 e. The van der Waals surface area contributed by atoms with Crippen LogP contribution in [-0.4, -0.2) is 32.7 Å². The average molecular weight is 314 g/mol. The highest BCUT2D eigenvalue weighted by Gasteiger charge is 2.17. The molecular formula is C15H26N2O3S. The maximum atomic E-state index is 12.0. The Bertz CT molecular complexity index is 537. The molecule has 0 amide bonds. The van der Waals surface area contributed by atoms with Gasteiger partial charge in [-0.05, 0) is 49.9 Å². The van der Waals surface area contributed by atoms with Gasteiger partial charge in [-0.15, -0.1) is 0 Å². The zero-order chi connectivity index (χ0) is 16.1. The van der Waals surface area contributed by atoms with E-state index in [1.54, 1.807) is 38.1 Å². The quantitative estimate of drug-likeness (QED) is 0.687. The number of benzene rings is 1. The fraction of sp³-hybridized carbons (Fsp3) is 0.600. The van der Waals surface area contributed by atoms with Crippen molar-refractivity contribution in [3.8, 4) is 0 Å². The summed E-state index contributed by atoms with van der Waals surface area (Å²) >= 11 is 0. The van der Waals surface area contributed by atoms with E-state index in [-0.39, 0.29) is 23.0 Å². The SMILES string of the molecule is CC(C)NS(=O)(=O)c1ccc(NCC(C)(C)CCO)cc1. The molecule has 0 fully saturated rings. The van der Waals surface area contributed by atoms with E-state index in [1.165, 1.54) is 0 Å². The summed E-state index contributed by atoms with van der Waals surface area (Å²) in [4.78, 5) is 0.261. The molecular weight excluding hydrogens is 288 g/mol. The normalized spacial score (nSPS) is 12.7. The second kappa shape index (κ2) is 7.24. The van der Waals surface area contributed by atoms with Crippen LogP contribution in [0.1, 0.15) is 34.1 Å². The van der Waals surface area contributed by atoms with E-state index in [9.17, 15) is 8.42 Å². The lowest BCUT2D eigenvalue weighted by Gasteiger charge is -2.24. The highest BCUT2D eigenvalue weighted by atomic mass is 32.2. The number of hydrogen-bond acceptors (Lipinski definition) is 4. The highest BCUT2D eigenvalue weighted by molar-refractivity contribution is 7.89. The standard InChI is InChI=1S/C15H26N2O3S/c1-12(2)17-21(19,20)14-7-5-13(6-8-14)16-11-15(3,4)9-10-18/h5-8,12,16-18H,9-11H2,1-4H3. The number of nitrogens with one attached hydrogen (secondary N) is 2. The van der Waals surface area contributed by atoms with Crippen molar-refractivity contribution in [1.82, 2.24) is 4.72 Å². The largest absolute Gasteiger partial charge is 0.396 e. The predicted molar refractivity (Wildman–Crippen MR) is 85.9 cm³/mol. The molecule has 5 nitrogen and oxygen atoms in total. The fourth-order valence-corrected chi connectivity index (χ4v) is 3.11. The summed E-state index contributed by atoms with van der Waals surface area (Å²) in [5.74, 6) is 0. The maximum Gasteiger partial charge on any atom is 0.240 e. The third kappa shape index (κ3) is 6.03. The van der Waals surface area contributed by atoms with Crippen LogP contribution < -0.4 is 10.0 Å². The van der Waals surface area contributed by atoms with Gasteiger partial charge in [0.1, 0.15) is 0 Å². The van der Waals surface area contributed by atoms with Crippen molar-refractivity contribution in [3.05, 3.63) is 24.3 Å². The molecule has 1 aromatic carbocycles. The van der Waals surface area contributed by atoms with Gasteiger partial charge in [0.2, 0.25) is 10.0 Å². The lowest BCUT2D eigenvalue weighted by Crippen LogP contribution is -2.30. The van der Waals surface area contributed by atoms with E-state index in [1.807, 2.05) is 0 Å². The Kier molecular flexibility index (Phi) is 6.19. The molecule has 0 aliphatic heterocycles. The fourth-order valence-electron chi connectivity index (χ4n) is 1.86. The van der Waals surface area contributed by atoms with Crippen LogP contribution in [0.5, 0.6) is 0 Å². The molecule has 0 atom stereocenters. The lowest BCUT2D eigenvalue weighted by molar-refractivity contribution is 0.220. The first-order valence-electron chi connectivity index (χ1n) is 7.13. The van der Waals surface area contributed by atoms with Crippen LogP contribution in [0.25, 0.3) is 0 Å². The van der Waals surface area contributed by atoms with Crippen LogP contribution in [0, 0.1) is 5.41 Å². The first-order chi connectivity index (χ1) is 9.66. The minimum Gasteiger partial charge on any atom is -0.396 e. The molecule has 0 saturated heterocycles. The molecule has 1 rings (SSSR count). The molecule has 0 heterocycles. The van der Waals surface area contributed by atoms with Crippen LogP contribution in [0.2, 0.25) is 0 Å². The Morgan fingerprint density at radius 1 is 1.19 bits per heavy atom. The topological polar surface area (TPSA) is 78.4 Å². The molecule has 3 N–H and O–H groups in total. The maximum absolute atomic E-state index is 12.0. The molecule has 120 valence electrons. The number of anilines is 1. The van der Waals surface area contributed by atoms with Crippen molar-refractivity contribution >= 4 is 15.7 Å². The number of aliphatic hydroxyl groups is 1. The van der Waals surface area contributed by atoms with E-state index in [0.717, 1.165) is 5.69 Å². The molecule has 0 aromatic heterocycles. The minimum atomic E-state index is -3.44. The van der Waals surface area contributed by atoms with Crippen LogP contribution in [0.4, 0.5) is 5.69 Å². The van der Waals surface area contributed by atoms with Crippen molar-refractivity contribution in [1.29, 1.82) is 0 Å². The molecule has 0 unspecified atom stereocenters. The second-order valence-electron chi connectivity index (χ2n) is 6.29. The summed E-state index contributed by atoms with van der Waals surface area (Å²) in [6.07, 6.45) is 0.713. The molecule has 0 spiro atoms. The van der Waals surface area contributed by atoms with Gasteiger partial charge in [0, 0.05) is 24.9 Å². The van der Waals surface area contributed by atoms with E-state index >= 15 is 0 Å². The summed E-state index contributed by atoms with van der Waals surface area (Å²) in [5.41, 5.74) is 0.850. The van der Waals surface area contributed by atoms with Crippen molar-refractivity contribution in [2.24, 2.45) is 5.41 Å². The van der Waals surface area contributed by atoms with Crippen LogP contribution in [0.15, 0.2) is 29.2 Å². The Labute approximate surface area is 127 Å². The lowest BCUT2D eigenvalue weighted by atomic mass is 9.90. The van der Waals surface area contributed by atoms with Gasteiger partial charge in [-0.3, -0.25) is 0 Å². The highest BCUT2D eigenvalue weighted by Crippen LogP contribution is 2.21. The van der Waals surface area contributed by atoms with Gasteiger partial charge in [0.25, 0.3) is 0 Å². The summed E-state index contributed by atoms with van der Waals surface area (Å²) in [6.45, 7) is 8.59. The first-order valence-corrected chi connectivity index (χ1v) is 8.62. The molecule has 0 radical (unpaired) electrons. The molecule has 21 heavy (non-hydrogen) atoms. The van der Waals surface area contributed by atoms with E-state index < -0.39 is 10.0 Å². The molecule has 6 heteroatoms. The summed E-state index contributed by atoms with van der Waals surface area (Å²) in [7, 11) is -3.44. The van der Waals surface area contributed by atoms with Gasteiger partial charge in [0.05, 0.1) is 4.90 Å². The Hall–Kier alpha value is -1.11. The van der Waals surface area contributed by atoms with E-state index in [0.29, 0.717) is 13.0 Å². The van der Waals surface area contributed by atoms with Crippen LogP contribution in [0.3, 0.4) is 0 Å². The Morgan fingerprint density at radius 2 is 1.76 bits per heavy atom. The average Bonchev–Trinajstić information content (AvgIpc) is 2.35. The summed E-state index contributed by atoms with van der Waals surface area (Å²) in [6, 6.07) is 6.55. The van der Waals surface area contributed by atoms with E-state index in [4.69, 9.17) is 5.11 Å². The van der Waals surface area contributed by atoms with Crippen molar-refractivity contribution in [2.45, 2.75) is 45.1 Å². The number of hydrogen-bond donors (Lipinski definition) is 3. The Morgan fingerprint density at radius 3 is 2.24 bits per heavy atom. The summed E-state index contributed by atoms with van der Waals surface area (Å²) < 4.78 is 26.5. The van der Waals surface area contributed by atoms with Crippen molar-refractivity contribution in [3.63, 3.8) is 0 Å². The predicted octanol–water partition coefficient (Wildman–Crippen LogP) is 2.19. The molecule has 0 bridgehead atoms. The number of sulfonamides is 1. The van der Waals surface area contributed by atoms with E-state index in [2.05, 4.69) is 23.9 Å². The third-order valence-electron chi connectivity index (χ3n) is 3.12. The van der Waals surface area contributed by atoms with Gasteiger partial charge >= 0.3 is 0 Å². The van der Waals surface area contributed by atoms with Gasteiger partial charge in [-0.1, -0.05) is 13.8 Å². The Balaban J connectivity index is 2.71. The zero-order valence-corrected chi connectivity index (χ0v) is 14.0. The molecule has 0 aliphatic rings.